The van der Waals surface area contributed by atoms with Gasteiger partial charge in [-0.3, -0.25) is 14.9 Å². The largest absolute Gasteiger partial charge is 0.480 e. The lowest BCUT2D eigenvalue weighted by atomic mass is 10.2. The van der Waals surface area contributed by atoms with Crippen LogP contribution < -0.4 is 5.32 Å². The Morgan fingerprint density at radius 2 is 1.93 bits per heavy atom. The van der Waals surface area contributed by atoms with Gasteiger partial charge in [-0.1, -0.05) is 0 Å². The van der Waals surface area contributed by atoms with Gasteiger partial charge < -0.3 is 10.2 Å². The molecule has 0 aliphatic rings. The van der Waals surface area contributed by atoms with Crippen molar-refractivity contribution in [3.63, 3.8) is 0 Å². The van der Waals surface area contributed by atoms with Crippen LogP contribution in [0, 0.1) is 0 Å². The molecule has 0 fully saturated rings. The summed E-state index contributed by atoms with van der Waals surface area (Å²) in [5.41, 5.74) is 0. The quantitative estimate of drug-likeness (QED) is 0.571. The summed E-state index contributed by atoms with van der Waals surface area (Å²) in [4.78, 5) is 21.2. The van der Waals surface area contributed by atoms with Crippen molar-refractivity contribution in [1.82, 2.24) is 5.32 Å². The van der Waals surface area contributed by atoms with Crippen LogP contribution >= 0.6 is 11.8 Å². The smallest absolute Gasteiger partial charge is 0.320 e. The van der Waals surface area contributed by atoms with Gasteiger partial charge in [0.1, 0.15) is 12.1 Å². The van der Waals surface area contributed by atoms with Gasteiger partial charge in [0.15, 0.2) is 0 Å². The number of rotatable bonds is 7. The van der Waals surface area contributed by atoms with Crippen LogP contribution in [0.15, 0.2) is 0 Å². The Kier molecular flexibility index (Phi) is 6.31. The van der Waals surface area contributed by atoms with Gasteiger partial charge in [0.25, 0.3) is 0 Å². The summed E-state index contributed by atoms with van der Waals surface area (Å²) in [6.07, 6.45) is 2.30. The maximum atomic E-state index is 10.7. The van der Waals surface area contributed by atoms with Gasteiger partial charge in [0, 0.05) is 0 Å². The number of aliphatic carboxylic acids is 2. The van der Waals surface area contributed by atoms with Gasteiger partial charge >= 0.3 is 11.9 Å². The van der Waals surface area contributed by atoms with E-state index in [0.29, 0.717) is 12.2 Å². The average molecular weight is 221 g/mol. The standard InChI is InChI=1S/C8H15NO4S/c1-5(7(10)11)9-6(8(12)13)3-4-14-2/h5-6,9H,3-4H2,1-2H3,(H,10,11)(H,12,13)/t5-,6-/m1/s1. The van der Waals surface area contributed by atoms with E-state index in [2.05, 4.69) is 5.32 Å². The van der Waals surface area contributed by atoms with Gasteiger partial charge in [0.2, 0.25) is 0 Å². The molecule has 0 heterocycles. The van der Waals surface area contributed by atoms with E-state index in [4.69, 9.17) is 10.2 Å². The summed E-state index contributed by atoms with van der Waals surface area (Å²) in [7, 11) is 0. The van der Waals surface area contributed by atoms with Crippen LogP contribution in [0.3, 0.4) is 0 Å². The predicted octanol–water partition coefficient (Wildman–Crippen LogP) is 0.255. The average Bonchev–Trinajstić information content (AvgIpc) is 2.10. The van der Waals surface area contributed by atoms with E-state index in [1.165, 1.54) is 18.7 Å². The van der Waals surface area contributed by atoms with E-state index in [-0.39, 0.29) is 0 Å². The number of nitrogens with one attached hydrogen (secondary N) is 1. The minimum Gasteiger partial charge on any atom is -0.480 e. The molecule has 0 aromatic rings. The van der Waals surface area contributed by atoms with E-state index in [0.717, 1.165) is 0 Å². The fourth-order valence-electron chi connectivity index (χ4n) is 0.887. The first-order valence-corrected chi connectivity index (χ1v) is 5.59. The Hall–Kier alpha value is -0.750. The zero-order valence-corrected chi connectivity index (χ0v) is 9.00. The normalized spacial score (nSPS) is 14.7. The minimum atomic E-state index is -1.04. The molecule has 0 unspecified atom stereocenters. The Labute approximate surface area is 86.9 Å². The van der Waals surface area contributed by atoms with Crippen molar-refractivity contribution < 1.29 is 19.8 Å². The molecular weight excluding hydrogens is 206 g/mol. The Morgan fingerprint density at radius 1 is 1.36 bits per heavy atom. The summed E-state index contributed by atoms with van der Waals surface area (Å²) in [6.45, 7) is 1.43. The molecular formula is C8H15NO4S. The van der Waals surface area contributed by atoms with E-state index >= 15 is 0 Å². The molecule has 82 valence electrons. The third-order valence-corrected chi connectivity index (χ3v) is 2.37. The SMILES string of the molecule is CSCC[C@@H](N[C@H](C)C(=O)O)C(=O)O. The highest BCUT2D eigenvalue weighted by molar-refractivity contribution is 7.98. The molecule has 0 saturated heterocycles. The predicted molar refractivity (Wildman–Crippen MR) is 54.7 cm³/mol. The van der Waals surface area contributed by atoms with Crippen molar-refractivity contribution >= 4 is 23.7 Å². The van der Waals surface area contributed by atoms with Gasteiger partial charge in [-0.25, -0.2) is 0 Å². The van der Waals surface area contributed by atoms with E-state index < -0.39 is 24.0 Å². The maximum Gasteiger partial charge on any atom is 0.320 e. The molecule has 2 atom stereocenters. The molecule has 6 heteroatoms. The number of thioether (sulfide) groups is 1. The Morgan fingerprint density at radius 3 is 2.29 bits per heavy atom. The third kappa shape index (κ3) is 5.08. The van der Waals surface area contributed by atoms with Crippen LogP contribution in [0.25, 0.3) is 0 Å². The highest BCUT2D eigenvalue weighted by atomic mass is 32.2. The second kappa shape index (κ2) is 6.67. The van der Waals surface area contributed by atoms with Crippen LogP contribution in [-0.4, -0.2) is 46.2 Å². The summed E-state index contributed by atoms with van der Waals surface area (Å²) in [6, 6.07) is -1.62. The highest BCUT2D eigenvalue weighted by Gasteiger charge is 2.21. The molecule has 0 radical (unpaired) electrons. The summed E-state index contributed by atoms with van der Waals surface area (Å²) < 4.78 is 0. The Bertz CT molecular complexity index is 210. The Balaban J connectivity index is 4.08. The monoisotopic (exact) mass is 221 g/mol. The van der Waals surface area contributed by atoms with Gasteiger partial charge in [-0.15, -0.1) is 0 Å². The van der Waals surface area contributed by atoms with Gasteiger partial charge in [-0.05, 0) is 25.4 Å². The van der Waals surface area contributed by atoms with Crippen molar-refractivity contribution in [2.75, 3.05) is 12.0 Å². The van der Waals surface area contributed by atoms with Gasteiger partial charge in [0.05, 0.1) is 0 Å². The van der Waals surface area contributed by atoms with E-state index in [9.17, 15) is 9.59 Å². The lowest BCUT2D eigenvalue weighted by Crippen LogP contribution is -2.45. The first-order valence-electron chi connectivity index (χ1n) is 4.19. The lowest BCUT2D eigenvalue weighted by Gasteiger charge is -2.16. The second-order valence-electron chi connectivity index (χ2n) is 2.90. The second-order valence-corrected chi connectivity index (χ2v) is 3.88. The molecule has 0 aliphatic carbocycles. The van der Waals surface area contributed by atoms with Crippen molar-refractivity contribution in [2.24, 2.45) is 0 Å². The third-order valence-electron chi connectivity index (χ3n) is 1.73. The summed E-state index contributed by atoms with van der Waals surface area (Å²) in [5.74, 6) is -1.36. The van der Waals surface area contributed by atoms with Crippen molar-refractivity contribution in [1.29, 1.82) is 0 Å². The highest BCUT2D eigenvalue weighted by Crippen LogP contribution is 2.02. The number of hydrogen-bond donors (Lipinski definition) is 3. The molecule has 0 rings (SSSR count). The zero-order chi connectivity index (χ0) is 11.1. The number of carbonyl (C=O) groups is 2. The molecule has 5 nitrogen and oxygen atoms in total. The molecule has 0 spiro atoms. The van der Waals surface area contributed by atoms with Crippen LogP contribution in [0.5, 0.6) is 0 Å². The number of carboxylic acids is 2. The van der Waals surface area contributed by atoms with E-state index in [1.54, 1.807) is 0 Å². The number of hydrogen-bond acceptors (Lipinski definition) is 4. The van der Waals surface area contributed by atoms with Crippen LogP contribution in [0.2, 0.25) is 0 Å². The van der Waals surface area contributed by atoms with Crippen LogP contribution in [-0.2, 0) is 9.59 Å². The first kappa shape index (κ1) is 13.2. The number of carboxylic acid groups (broad SMARTS) is 2. The maximum absolute atomic E-state index is 10.7. The molecule has 0 aliphatic heterocycles. The zero-order valence-electron chi connectivity index (χ0n) is 8.19. The lowest BCUT2D eigenvalue weighted by molar-refractivity contribution is -0.142. The topological polar surface area (TPSA) is 86.6 Å². The van der Waals surface area contributed by atoms with Crippen LogP contribution in [0.1, 0.15) is 13.3 Å². The molecule has 0 bridgehead atoms. The van der Waals surface area contributed by atoms with Crippen molar-refractivity contribution in [3.05, 3.63) is 0 Å². The minimum absolute atomic E-state index is 0.425. The molecule has 0 aromatic heterocycles. The van der Waals surface area contributed by atoms with E-state index in [1.807, 2.05) is 6.26 Å². The fourth-order valence-corrected chi connectivity index (χ4v) is 1.36. The van der Waals surface area contributed by atoms with Gasteiger partial charge in [-0.2, -0.15) is 11.8 Å². The molecule has 3 N–H and O–H groups in total. The fraction of sp³-hybridized carbons (Fsp3) is 0.750. The molecule has 14 heavy (non-hydrogen) atoms. The summed E-state index contributed by atoms with van der Waals surface area (Å²) in [5, 5.41) is 19.9. The van der Waals surface area contributed by atoms with Crippen LogP contribution in [0.4, 0.5) is 0 Å². The van der Waals surface area contributed by atoms with Crippen molar-refractivity contribution in [3.8, 4) is 0 Å². The molecule has 0 amide bonds. The molecule has 0 saturated carbocycles. The molecule has 0 aromatic carbocycles. The first-order chi connectivity index (χ1) is 6.49. The van der Waals surface area contributed by atoms with Crippen molar-refractivity contribution in [2.45, 2.75) is 25.4 Å². The summed E-state index contributed by atoms with van der Waals surface area (Å²) >= 11 is 1.53.